The van der Waals surface area contributed by atoms with Crippen molar-refractivity contribution >= 4 is 22.7 Å². The Morgan fingerprint density at radius 2 is 2.04 bits per heavy atom. The zero-order valence-corrected chi connectivity index (χ0v) is 13.9. The number of aromatic amines is 1. The topological polar surface area (TPSA) is 65.2 Å². The molecule has 2 aromatic rings. The maximum absolute atomic E-state index is 13.7. The van der Waals surface area contributed by atoms with Crippen molar-refractivity contribution in [3.8, 4) is 0 Å². The van der Waals surface area contributed by atoms with Gasteiger partial charge in [-0.2, -0.15) is 0 Å². The molecule has 1 atom stereocenters. The quantitative estimate of drug-likeness (QED) is 0.812. The van der Waals surface area contributed by atoms with Crippen LogP contribution < -0.4 is 5.32 Å². The first kappa shape index (κ1) is 18.2. The first-order valence-corrected chi connectivity index (χ1v) is 8.06. The maximum Gasteiger partial charge on any atom is 0.268 e. The Morgan fingerprint density at radius 3 is 2.69 bits per heavy atom. The number of likely N-dealkylation sites (tertiary alicyclic amines) is 1. The highest BCUT2D eigenvalue weighted by atomic mass is 19.3. The van der Waals surface area contributed by atoms with Crippen LogP contribution in [0.15, 0.2) is 18.2 Å². The molecule has 1 aliphatic heterocycles. The van der Waals surface area contributed by atoms with Crippen molar-refractivity contribution < 1.29 is 27.2 Å². The fraction of sp³-hybridized carbons (Fsp3) is 0.412. The summed E-state index contributed by atoms with van der Waals surface area (Å²) < 4.78 is 53.4. The van der Waals surface area contributed by atoms with Gasteiger partial charge in [-0.05, 0) is 25.5 Å². The average molecular weight is 371 g/mol. The van der Waals surface area contributed by atoms with E-state index in [0.29, 0.717) is 6.07 Å². The molecule has 1 aliphatic rings. The molecule has 9 heteroatoms. The molecule has 0 radical (unpaired) electrons. The number of carbonyl (C=O) groups is 2. The predicted octanol–water partition coefficient (Wildman–Crippen LogP) is 2.68. The van der Waals surface area contributed by atoms with Crippen LogP contribution in [0.1, 0.15) is 23.8 Å². The molecule has 0 spiro atoms. The molecule has 2 N–H and O–H groups in total. The monoisotopic (exact) mass is 371 g/mol. The molecule has 1 fully saturated rings. The summed E-state index contributed by atoms with van der Waals surface area (Å²) in [7, 11) is 0. The van der Waals surface area contributed by atoms with Crippen LogP contribution in [-0.4, -0.2) is 47.3 Å². The van der Waals surface area contributed by atoms with E-state index in [1.807, 2.05) is 0 Å². The number of hydrogen-bond acceptors (Lipinski definition) is 2. The number of nitrogens with zero attached hydrogens (tertiary/aromatic N) is 1. The Kier molecular flexibility index (Phi) is 4.64. The number of carbonyl (C=O) groups excluding carboxylic acids is 2. The highest BCUT2D eigenvalue weighted by Crippen LogP contribution is 2.31. The minimum Gasteiger partial charge on any atom is -0.350 e. The first-order valence-electron chi connectivity index (χ1n) is 8.06. The van der Waals surface area contributed by atoms with Crippen LogP contribution in [0.2, 0.25) is 0 Å². The van der Waals surface area contributed by atoms with Crippen molar-refractivity contribution in [1.29, 1.82) is 0 Å². The van der Waals surface area contributed by atoms with Gasteiger partial charge in [0.2, 0.25) is 11.8 Å². The molecule has 0 bridgehead atoms. The molecule has 5 nitrogen and oxygen atoms in total. The van der Waals surface area contributed by atoms with Gasteiger partial charge >= 0.3 is 0 Å². The smallest absolute Gasteiger partial charge is 0.268 e. The number of halogens is 4. The zero-order valence-electron chi connectivity index (χ0n) is 13.9. The van der Waals surface area contributed by atoms with Crippen LogP contribution in [-0.2, 0) is 4.79 Å². The molecule has 140 valence electrons. The van der Waals surface area contributed by atoms with Gasteiger partial charge in [0.25, 0.3) is 5.91 Å². The van der Waals surface area contributed by atoms with Crippen molar-refractivity contribution in [2.24, 2.45) is 5.92 Å². The molecule has 2 heterocycles. The van der Waals surface area contributed by atoms with E-state index in [0.717, 1.165) is 13.0 Å². The van der Waals surface area contributed by atoms with E-state index in [9.17, 15) is 27.2 Å². The minimum atomic E-state index is -2.86. The van der Waals surface area contributed by atoms with E-state index < -0.39 is 35.3 Å². The molecule has 3 rings (SSSR count). The second-order valence-electron chi connectivity index (χ2n) is 6.50. The summed E-state index contributed by atoms with van der Waals surface area (Å²) in [5, 5.41) is 2.41. The fourth-order valence-electron chi connectivity index (χ4n) is 3.05. The number of fused-ring (bicyclic) bond motifs is 1. The van der Waals surface area contributed by atoms with E-state index in [-0.39, 0.29) is 42.7 Å². The summed E-state index contributed by atoms with van der Waals surface area (Å²) in [5.41, 5.74) is 0.0863. The molecule has 1 aromatic heterocycles. The molecule has 0 saturated carbocycles. The van der Waals surface area contributed by atoms with Crippen molar-refractivity contribution in [2.75, 3.05) is 19.6 Å². The van der Waals surface area contributed by atoms with Gasteiger partial charge in [-0.1, -0.05) is 0 Å². The van der Waals surface area contributed by atoms with E-state index in [1.165, 1.54) is 11.0 Å². The highest BCUT2D eigenvalue weighted by molar-refractivity contribution is 5.99. The van der Waals surface area contributed by atoms with Gasteiger partial charge in [-0.3, -0.25) is 9.59 Å². The number of benzene rings is 1. The van der Waals surface area contributed by atoms with Gasteiger partial charge in [0.15, 0.2) is 0 Å². The molecular formula is C17H17F4N3O2. The van der Waals surface area contributed by atoms with Crippen LogP contribution in [0.4, 0.5) is 17.6 Å². The van der Waals surface area contributed by atoms with Crippen LogP contribution in [0.3, 0.4) is 0 Å². The van der Waals surface area contributed by atoms with Gasteiger partial charge in [-0.15, -0.1) is 0 Å². The standard InChI is InChI=1S/C17H17F4N3O2/c1-17(20,21)9-2-3-24(8-9)15(25)7-22-16(26)14-6-11-12(19)4-10(18)5-13(11)23-14/h4-6,9,23H,2-3,7-8H2,1H3,(H,22,26). The Labute approximate surface area is 146 Å². The highest BCUT2D eigenvalue weighted by Gasteiger charge is 2.40. The average Bonchev–Trinajstić information content (AvgIpc) is 3.18. The lowest BCUT2D eigenvalue weighted by Crippen LogP contribution is -2.40. The van der Waals surface area contributed by atoms with Crippen molar-refractivity contribution in [1.82, 2.24) is 15.2 Å². The lowest BCUT2D eigenvalue weighted by atomic mass is 10.0. The number of rotatable bonds is 4. The Hall–Kier alpha value is -2.58. The molecule has 1 unspecified atom stereocenters. The lowest BCUT2D eigenvalue weighted by Gasteiger charge is -2.20. The van der Waals surface area contributed by atoms with E-state index in [2.05, 4.69) is 10.3 Å². The van der Waals surface area contributed by atoms with Gasteiger partial charge in [0.1, 0.15) is 17.3 Å². The largest absolute Gasteiger partial charge is 0.350 e. The Balaban J connectivity index is 1.61. The SMILES string of the molecule is CC(F)(F)C1CCN(C(=O)CNC(=O)c2cc3c(F)cc(F)cc3[nH]2)C1. The van der Waals surface area contributed by atoms with Gasteiger partial charge in [0, 0.05) is 30.5 Å². The van der Waals surface area contributed by atoms with E-state index in [4.69, 9.17) is 0 Å². The zero-order chi connectivity index (χ0) is 19.1. The second kappa shape index (κ2) is 6.62. The summed E-state index contributed by atoms with van der Waals surface area (Å²) in [4.78, 5) is 28.0. The number of alkyl halides is 2. The van der Waals surface area contributed by atoms with E-state index >= 15 is 0 Å². The molecule has 2 amide bonds. The summed E-state index contributed by atoms with van der Waals surface area (Å²) in [6, 6.07) is 2.97. The third-order valence-electron chi connectivity index (χ3n) is 4.55. The lowest BCUT2D eigenvalue weighted by molar-refractivity contribution is -0.129. The third-order valence-corrected chi connectivity index (χ3v) is 4.55. The van der Waals surface area contributed by atoms with Gasteiger partial charge in [0.05, 0.1) is 12.1 Å². The first-order chi connectivity index (χ1) is 12.1. The summed E-state index contributed by atoms with van der Waals surface area (Å²) >= 11 is 0. The maximum atomic E-state index is 13.7. The number of aromatic nitrogens is 1. The predicted molar refractivity (Wildman–Crippen MR) is 85.9 cm³/mol. The van der Waals surface area contributed by atoms with Crippen LogP contribution in [0.25, 0.3) is 10.9 Å². The summed E-state index contributed by atoms with van der Waals surface area (Å²) in [6.45, 7) is 0.604. The fourth-order valence-corrected chi connectivity index (χ4v) is 3.05. The van der Waals surface area contributed by atoms with Crippen molar-refractivity contribution in [3.63, 3.8) is 0 Å². The van der Waals surface area contributed by atoms with Crippen molar-refractivity contribution in [2.45, 2.75) is 19.3 Å². The minimum absolute atomic E-state index is 0.0308. The molecular weight excluding hydrogens is 354 g/mol. The second-order valence-corrected chi connectivity index (χ2v) is 6.50. The molecule has 1 saturated heterocycles. The number of amides is 2. The Bertz CT molecular complexity index is 860. The van der Waals surface area contributed by atoms with Crippen LogP contribution in [0, 0.1) is 17.6 Å². The molecule has 26 heavy (non-hydrogen) atoms. The molecule has 1 aromatic carbocycles. The summed E-state index contributed by atoms with van der Waals surface area (Å²) in [5.74, 6) is -6.49. The van der Waals surface area contributed by atoms with E-state index in [1.54, 1.807) is 0 Å². The van der Waals surface area contributed by atoms with Gasteiger partial charge in [-0.25, -0.2) is 17.6 Å². The third kappa shape index (κ3) is 3.66. The number of nitrogens with one attached hydrogen (secondary N) is 2. The molecule has 0 aliphatic carbocycles. The number of H-pyrrole nitrogens is 1. The van der Waals surface area contributed by atoms with Crippen molar-refractivity contribution in [3.05, 3.63) is 35.5 Å². The van der Waals surface area contributed by atoms with Crippen LogP contribution in [0.5, 0.6) is 0 Å². The Morgan fingerprint density at radius 1 is 1.31 bits per heavy atom. The summed E-state index contributed by atoms with van der Waals surface area (Å²) in [6.07, 6.45) is 0.204. The van der Waals surface area contributed by atoms with Gasteiger partial charge < -0.3 is 15.2 Å². The van der Waals surface area contributed by atoms with Crippen LogP contribution >= 0.6 is 0 Å². The normalized spacial score (nSPS) is 17.7. The number of hydrogen-bond donors (Lipinski definition) is 2.